The van der Waals surface area contributed by atoms with Crippen molar-refractivity contribution in [3.8, 4) is 0 Å². The van der Waals surface area contributed by atoms with Crippen molar-refractivity contribution in [3.63, 3.8) is 0 Å². The zero-order chi connectivity index (χ0) is 20.6. The molecule has 2 heterocycles. The van der Waals surface area contributed by atoms with E-state index in [1.807, 2.05) is 41.5 Å². The van der Waals surface area contributed by atoms with Crippen molar-refractivity contribution in [2.45, 2.75) is 69.7 Å². The summed E-state index contributed by atoms with van der Waals surface area (Å²) < 4.78 is -0.241. The summed E-state index contributed by atoms with van der Waals surface area (Å²) in [5.41, 5.74) is -0.991. The van der Waals surface area contributed by atoms with Crippen LogP contribution in [0.15, 0.2) is 0 Å². The van der Waals surface area contributed by atoms with Gasteiger partial charge in [0.15, 0.2) is 0 Å². The van der Waals surface area contributed by atoms with Gasteiger partial charge in [-0.3, -0.25) is 4.79 Å². The van der Waals surface area contributed by atoms with Crippen LogP contribution in [0.2, 0.25) is 0 Å². The van der Waals surface area contributed by atoms with E-state index in [-0.39, 0.29) is 9.99 Å². The second-order valence-electron chi connectivity index (χ2n) is 9.28. The van der Waals surface area contributed by atoms with Crippen molar-refractivity contribution in [1.82, 2.24) is 15.5 Å². The van der Waals surface area contributed by atoms with E-state index in [1.54, 1.807) is 23.5 Å². The van der Waals surface area contributed by atoms with Crippen molar-refractivity contribution in [2.75, 3.05) is 18.1 Å². The number of hydrogen-bond donors (Lipinski definition) is 3. The first-order valence-corrected chi connectivity index (χ1v) is 11.1. The van der Waals surface area contributed by atoms with Gasteiger partial charge in [0.05, 0.1) is 4.08 Å². The molecule has 0 aromatic rings. The van der Waals surface area contributed by atoms with Gasteiger partial charge in [-0.2, -0.15) is 0 Å². The number of carbonyl (C=O) groups excluding carboxylic acids is 2. The number of carboxylic acid groups (broad SMARTS) is 1. The first-order valence-electron chi connectivity index (χ1n) is 9.14. The van der Waals surface area contributed by atoms with E-state index in [2.05, 4.69) is 10.6 Å². The Balaban J connectivity index is 2.23. The third-order valence-corrected chi connectivity index (χ3v) is 7.98. The number of amides is 3. The van der Waals surface area contributed by atoms with Crippen LogP contribution in [0.5, 0.6) is 0 Å². The van der Waals surface area contributed by atoms with Crippen LogP contribution in [0.1, 0.15) is 48.0 Å². The molecule has 2 aliphatic rings. The van der Waals surface area contributed by atoms with Gasteiger partial charge in [0.1, 0.15) is 12.1 Å². The Labute approximate surface area is 169 Å². The molecule has 9 heteroatoms. The number of urea groups is 1. The number of nitrogens with one attached hydrogen (secondary N) is 2. The van der Waals surface area contributed by atoms with Gasteiger partial charge in [-0.05, 0) is 26.2 Å². The standard InChI is InChI=1S/C18H31N3O4S2/c1-16(2,3)12(19-15(25)20-17(4,5)6)13(22)21-10-18(26-7-8-27-18)9-11(21)14(23)24/h11-12H,7-10H2,1-6H3,(H,23,24)(H2,19,20,25)/t11-,12+/m0/s1. The lowest BCUT2D eigenvalue weighted by atomic mass is 9.85. The smallest absolute Gasteiger partial charge is 0.326 e. The molecule has 0 aromatic carbocycles. The molecule has 0 saturated carbocycles. The molecule has 154 valence electrons. The Kier molecular flexibility index (Phi) is 6.36. The molecule has 7 nitrogen and oxygen atoms in total. The van der Waals surface area contributed by atoms with Crippen LogP contribution in [0.25, 0.3) is 0 Å². The molecule has 2 fully saturated rings. The summed E-state index contributed by atoms with van der Waals surface area (Å²) in [7, 11) is 0. The number of nitrogens with zero attached hydrogens (tertiary/aromatic N) is 1. The summed E-state index contributed by atoms with van der Waals surface area (Å²) in [6, 6.07) is -2.10. The van der Waals surface area contributed by atoms with Crippen molar-refractivity contribution >= 4 is 41.4 Å². The molecular weight excluding hydrogens is 386 g/mol. The number of carbonyl (C=O) groups is 3. The minimum Gasteiger partial charge on any atom is -0.480 e. The Morgan fingerprint density at radius 3 is 2.11 bits per heavy atom. The molecule has 2 rings (SSSR count). The molecule has 2 aliphatic heterocycles. The van der Waals surface area contributed by atoms with E-state index in [9.17, 15) is 19.5 Å². The fourth-order valence-corrected chi connectivity index (χ4v) is 6.58. The third kappa shape index (κ3) is 5.47. The van der Waals surface area contributed by atoms with Crippen LogP contribution in [0.3, 0.4) is 0 Å². The van der Waals surface area contributed by atoms with Gasteiger partial charge in [-0.1, -0.05) is 20.8 Å². The Morgan fingerprint density at radius 2 is 1.67 bits per heavy atom. The topological polar surface area (TPSA) is 98.7 Å². The SMILES string of the molecule is CC(C)(C)NC(=O)N[C@H](C(=O)N1CC2(C[C@H]1C(=O)O)SCCS2)C(C)(C)C. The van der Waals surface area contributed by atoms with Crippen LogP contribution >= 0.6 is 23.5 Å². The van der Waals surface area contributed by atoms with E-state index in [4.69, 9.17) is 0 Å². The third-order valence-electron chi connectivity index (χ3n) is 4.55. The van der Waals surface area contributed by atoms with E-state index in [1.165, 1.54) is 4.90 Å². The van der Waals surface area contributed by atoms with Crippen molar-refractivity contribution in [3.05, 3.63) is 0 Å². The fraction of sp³-hybridized carbons (Fsp3) is 0.833. The normalized spacial score (nSPS) is 23.3. The molecule has 2 saturated heterocycles. The van der Waals surface area contributed by atoms with E-state index >= 15 is 0 Å². The van der Waals surface area contributed by atoms with E-state index < -0.39 is 35.0 Å². The fourth-order valence-electron chi connectivity index (χ4n) is 3.32. The number of aliphatic carboxylic acids is 1. The largest absolute Gasteiger partial charge is 0.480 e. The number of likely N-dealkylation sites (tertiary alicyclic amines) is 1. The Hall–Kier alpha value is -1.09. The van der Waals surface area contributed by atoms with Crippen LogP contribution < -0.4 is 10.6 Å². The minimum absolute atomic E-state index is 0.241. The highest BCUT2D eigenvalue weighted by Crippen LogP contribution is 2.52. The lowest BCUT2D eigenvalue weighted by Crippen LogP contribution is -2.60. The highest BCUT2D eigenvalue weighted by molar-refractivity contribution is 8.21. The quantitative estimate of drug-likeness (QED) is 0.652. The average Bonchev–Trinajstić information content (AvgIpc) is 3.09. The molecule has 3 amide bonds. The van der Waals surface area contributed by atoms with Crippen molar-refractivity contribution < 1.29 is 19.5 Å². The van der Waals surface area contributed by atoms with Gasteiger partial charge in [0.25, 0.3) is 0 Å². The van der Waals surface area contributed by atoms with Crippen LogP contribution in [0, 0.1) is 5.41 Å². The summed E-state index contributed by atoms with van der Waals surface area (Å²) in [5.74, 6) is 0.617. The maximum Gasteiger partial charge on any atom is 0.326 e. The molecule has 0 radical (unpaired) electrons. The van der Waals surface area contributed by atoms with Gasteiger partial charge in [0.2, 0.25) is 5.91 Å². The molecule has 0 aliphatic carbocycles. The number of thioether (sulfide) groups is 2. The number of hydrogen-bond acceptors (Lipinski definition) is 5. The molecule has 2 atom stereocenters. The van der Waals surface area contributed by atoms with Gasteiger partial charge < -0.3 is 20.6 Å². The molecule has 0 aromatic heterocycles. The van der Waals surface area contributed by atoms with Crippen LogP contribution in [-0.2, 0) is 9.59 Å². The zero-order valence-electron chi connectivity index (χ0n) is 16.9. The summed E-state index contributed by atoms with van der Waals surface area (Å²) >= 11 is 3.48. The molecule has 27 heavy (non-hydrogen) atoms. The van der Waals surface area contributed by atoms with Gasteiger partial charge in [-0.15, -0.1) is 23.5 Å². The Bertz CT molecular complexity index is 607. The maximum absolute atomic E-state index is 13.3. The number of rotatable bonds is 3. The summed E-state index contributed by atoms with van der Waals surface area (Å²) in [5, 5.41) is 15.3. The summed E-state index contributed by atoms with van der Waals surface area (Å²) in [6.45, 7) is 11.6. The van der Waals surface area contributed by atoms with Crippen molar-refractivity contribution in [2.24, 2.45) is 5.41 Å². The van der Waals surface area contributed by atoms with Gasteiger partial charge in [0, 0.05) is 30.0 Å². The monoisotopic (exact) mass is 417 g/mol. The first-order chi connectivity index (χ1) is 12.2. The molecule has 0 bridgehead atoms. The summed E-state index contributed by atoms with van der Waals surface area (Å²) in [6.07, 6.45) is 0.439. The molecule has 0 unspecified atom stereocenters. The zero-order valence-corrected chi connectivity index (χ0v) is 18.6. The van der Waals surface area contributed by atoms with Crippen LogP contribution in [0.4, 0.5) is 4.79 Å². The van der Waals surface area contributed by atoms with Gasteiger partial charge in [-0.25, -0.2) is 9.59 Å². The van der Waals surface area contributed by atoms with E-state index in [0.717, 1.165) is 11.5 Å². The Morgan fingerprint density at radius 1 is 1.11 bits per heavy atom. The minimum atomic E-state index is -0.986. The molecular formula is C18H31N3O4S2. The second kappa shape index (κ2) is 7.73. The summed E-state index contributed by atoms with van der Waals surface area (Å²) in [4.78, 5) is 39.0. The maximum atomic E-state index is 13.3. The first kappa shape index (κ1) is 22.2. The predicted octanol–water partition coefficient (Wildman–Crippen LogP) is 2.36. The number of carboxylic acids is 1. The second-order valence-corrected chi connectivity index (χ2v) is 12.5. The predicted molar refractivity (Wildman–Crippen MR) is 110 cm³/mol. The van der Waals surface area contributed by atoms with Crippen molar-refractivity contribution in [1.29, 1.82) is 0 Å². The molecule has 1 spiro atoms. The molecule has 3 N–H and O–H groups in total. The van der Waals surface area contributed by atoms with Gasteiger partial charge >= 0.3 is 12.0 Å². The lowest BCUT2D eigenvalue weighted by molar-refractivity contribution is -0.150. The van der Waals surface area contributed by atoms with E-state index in [0.29, 0.717) is 13.0 Å². The van der Waals surface area contributed by atoms with Crippen LogP contribution in [-0.4, -0.2) is 67.7 Å². The lowest BCUT2D eigenvalue weighted by Gasteiger charge is -2.35. The highest BCUT2D eigenvalue weighted by atomic mass is 32.2. The average molecular weight is 418 g/mol. The highest BCUT2D eigenvalue weighted by Gasteiger charge is 2.53.